The van der Waals surface area contributed by atoms with Gasteiger partial charge in [0, 0.05) is 37.4 Å². The minimum atomic E-state index is -1.12. The van der Waals surface area contributed by atoms with Gasteiger partial charge in [-0.3, -0.25) is 9.69 Å². The number of amides is 1. The summed E-state index contributed by atoms with van der Waals surface area (Å²) in [5, 5.41) is 0. The normalized spacial score (nSPS) is 26.9. The molecule has 174 valence electrons. The Morgan fingerprint density at radius 2 is 1.75 bits per heavy atom. The summed E-state index contributed by atoms with van der Waals surface area (Å²) < 4.78 is 5.78. The standard InChI is InChI=1S/C26H37N3O3/c27-25(31)26(32-24(30)22-7-3-1-4-8-22)14-11-21(12-15-26)13-16-28-17-19-29(20-18-28)23-9-5-2-6-10-23/h2,5-7,9-10,21H,1,3-4,8,11-20H2,(H2,27,31). The summed E-state index contributed by atoms with van der Waals surface area (Å²) in [6.07, 6.45) is 9.74. The highest BCUT2D eigenvalue weighted by Crippen LogP contribution is 2.37. The molecule has 0 atom stereocenters. The Balaban J connectivity index is 1.22. The van der Waals surface area contributed by atoms with Gasteiger partial charge in [0.15, 0.2) is 5.60 Å². The lowest BCUT2D eigenvalue weighted by Crippen LogP contribution is -2.50. The number of hydrogen-bond acceptors (Lipinski definition) is 5. The molecule has 1 saturated heterocycles. The highest BCUT2D eigenvalue weighted by atomic mass is 16.6. The minimum Gasteiger partial charge on any atom is -0.446 e. The lowest BCUT2D eigenvalue weighted by atomic mass is 9.77. The number of piperazine rings is 1. The first-order valence-electron chi connectivity index (χ1n) is 12.3. The van der Waals surface area contributed by atoms with Crippen molar-refractivity contribution in [3.63, 3.8) is 0 Å². The molecule has 2 aliphatic carbocycles. The van der Waals surface area contributed by atoms with Crippen LogP contribution in [0.1, 0.15) is 57.8 Å². The number of anilines is 1. The Morgan fingerprint density at radius 3 is 2.38 bits per heavy atom. The first-order chi connectivity index (χ1) is 15.6. The van der Waals surface area contributed by atoms with Gasteiger partial charge in [0.2, 0.25) is 0 Å². The van der Waals surface area contributed by atoms with Crippen LogP contribution in [0.5, 0.6) is 0 Å². The second-order valence-electron chi connectivity index (χ2n) is 9.62. The third-order valence-electron chi connectivity index (χ3n) is 7.55. The van der Waals surface area contributed by atoms with Crippen LogP contribution in [0.25, 0.3) is 0 Å². The monoisotopic (exact) mass is 439 g/mol. The number of primary amides is 1. The molecule has 0 radical (unpaired) electrons. The number of allylic oxidation sites excluding steroid dienone is 1. The highest BCUT2D eigenvalue weighted by molar-refractivity contribution is 5.93. The van der Waals surface area contributed by atoms with Crippen LogP contribution in [0.2, 0.25) is 0 Å². The molecule has 1 heterocycles. The number of carbonyl (C=O) groups is 2. The predicted octanol–water partition coefficient (Wildman–Crippen LogP) is 3.66. The summed E-state index contributed by atoms with van der Waals surface area (Å²) in [5.74, 6) is -0.266. The van der Waals surface area contributed by atoms with E-state index >= 15 is 0 Å². The number of esters is 1. The average molecular weight is 440 g/mol. The number of rotatable bonds is 7. The second kappa shape index (κ2) is 10.5. The summed E-state index contributed by atoms with van der Waals surface area (Å²) >= 11 is 0. The molecule has 4 rings (SSSR count). The van der Waals surface area contributed by atoms with Crippen LogP contribution < -0.4 is 10.6 Å². The fraction of sp³-hybridized carbons (Fsp3) is 0.615. The SMILES string of the molecule is NC(=O)C1(OC(=O)C2=CCCCC2)CCC(CCN2CCN(c3ccccc3)CC2)CC1. The molecular weight excluding hydrogens is 402 g/mol. The molecule has 2 fully saturated rings. The van der Waals surface area contributed by atoms with E-state index in [1.54, 1.807) is 0 Å². The Morgan fingerprint density at radius 1 is 1.03 bits per heavy atom. The zero-order chi connectivity index (χ0) is 22.4. The van der Waals surface area contributed by atoms with Crippen LogP contribution in [-0.4, -0.2) is 55.1 Å². The number of carbonyl (C=O) groups excluding carboxylic acids is 2. The lowest BCUT2D eigenvalue weighted by molar-refractivity contribution is -0.168. The Labute approximate surface area is 191 Å². The maximum Gasteiger partial charge on any atom is 0.334 e. The van der Waals surface area contributed by atoms with Crippen molar-refractivity contribution in [3.05, 3.63) is 42.0 Å². The van der Waals surface area contributed by atoms with Crippen LogP contribution in [0.4, 0.5) is 5.69 Å². The zero-order valence-corrected chi connectivity index (χ0v) is 19.1. The smallest absolute Gasteiger partial charge is 0.334 e. The molecule has 0 unspecified atom stereocenters. The van der Waals surface area contributed by atoms with Gasteiger partial charge in [0.05, 0.1) is 0 Å². The lowest BCUT2D eigenvalue weighted by Gasteiger charge is -2.39. The van der Waals surface area contributed by atoms with E-state index in [9.17, 15) is 9.59 Å². The van der Waals surface area contributed by atoms with E-state index in [1.807, 2.05) is 6.08 Å². The summed E-state index contributed by atoms with van der Waals surface area (Å²) in [6, 6.07) is 10.6. The molecule has 1 saturated carbocycles. The molecule has 6 heteroatoms. The van der Waals surface area contributed by atoms with Crippen molar-refractivity contribution in [3.8, 4) is 0 Å². The summed E-state index contributed by atoms with van der Waals surface area (Å²) in [4.78, 5) is 29.9. The molecule has 0 aromatic heterocycles. The number of para-hydroxylation sites is 1. The average Bonchev–Trinajstić information content (AvgIpc) is 2.85. The molecule has 6 nitrogen and oxygen atoms in total. The van der Waals surface area contributed by atoms with Gasteiger partial charge in [-0.25, -0.2) is 4.79 Å². The molecular formula is C26H37N3O3. The van der Waals surface area contributed by atoms with Crippen LogP contribution >= 0.6 is 0 Å². The van der Waals surface area contributed by atoms with Crippen molar-refractivity contribution in [1.29, 1.82) is 0 Å². The third-order valence-corrected chi connectivity index (χ3v) is 7.55. The van der Waals surface area contributed by atoms with Crippen LogP contribution in [-0.2, 0) is 14.3 Å². The van der Waals surface area contributed by atoms with Crippen molar-refractivity contribution in [2.75, 3.05) is 37.6 Å². The van der Waals surface area contributed by atoms with E-state index < -0.39 is 11.5 Å². The largest absolute Gasteiger partial charge is 0.446 e. The fourth-order valence-electron chi connectivity index (χ4n) is 5.33. The molecule has 0 spiro atoms. The predicted molar refractivity (Wildman–Crippen MR) is 126 cm³/mol. The third kappa shape index (κ3) is 5.52. The van der Waals surface area contributed by atoms with E-state index in [0.29, 0.717) is 24.3 Å². The van der Waals surface area contributed by atoms with Crippen molar-refractivity contribution < 1.29 is 14.3 Å². The fourth-order valence-corrected chi connectivity index (χ4v) is 5.33. The van der Waals surface area contributed by atoms with Gasteiger partial charge in [-0.1, -0.05) is 24.3 Å². The van der Waals surface area contributed by atoms with Crippen LogP contribution in [0, 0.1) is 5.92 Å². The van der Waals surface area contributed by atoms with Gasteiger partial charge in [0.1, 0.15) is 0 Å². The summed E-state index contributed by atoms with van der Waals surface area (Å²) in [5.41, 5.74) is 6.63. The van der Waals surface area contributed by atoms with Crippen molar-refractivity contribution in [2.24, 2.45) is 11.7 Å². The van der Waals surface area contributed by atoms with E-state index in [0.717, 1.165) is 77.7 Å². The van der Waals surface area contributed by atoms with Gasteiger partial charge < -0.3 is 15.4 Å². The van der Waals surface area contributed by atoms with Gasteiger partial charge in [0.25, 0.3) is 5.91 Å². The number of nitrogens with zero attached hydrogens (tertiary/aromatic N) is 2. The van der Waals surface area contributed by atoms with E-state index in [-0.39, 0.29) is 5.97 Å². The molecule has 2 N–H and O–H groups in total. The first kappa shape index (κ1) is 22.8. The molecule has 1 aliphatic heterocycles. The molecule has 1 aromatic carbocycles. The van der Waals surface area contributed by atoms with Crippen molar-refractivity contribution in [1.82, 2.24) is 4.90 Å². The molecule has 3 aliphatic rings. The maximum absolute atomic E-state index is 12.6. The van der Waals surface area contributed by atoms with Crippen LogP contribution in [0.15, 0.2) is 42.0 Å². The molecule has 32 heavy (non-hydrogen) atoms. The Bertz CT molecular complexity index is 807. The number of nitrogens with two attached hydrogens (primary N) is 1. The van der Waals surface area contributed by atoms with Gasteiger partial charge in [-0.2, -0.15) is 0 Å². The summed E-state index contributed by atoms with van der Waals surface area (Å²) in [7, 11) is 0. The maximum atomic E-state index is 12.6. The quantitative estimate of drug-likeness (QED) is 0.656. The topological polar surface area (TPSA) is 75.9 Å². The second-order valence-corrected chi connectivity index (χ2v) is 9.62. The van der Waals surface area contributed by atoms with E-state index in [4.69, 9.17) is 10.5 Å². The van der Waals surface area contributed by atoms with E-state index in [2.05, 4.69) is 40.1 Å². The number of hydrogen-bond donors (Lipinski definition) is 1. The van der Waals surface area contributed by atoms with Crippen molar-refractivity contribution in [2.45, 2.75) is 63.4 Å². The molecule has 0 bridgehead atoms. The van der Waals surface area contributed by atoms with E-state index in [1.165, 1.54) is 5.69 Å². The van der Waals surface area contributed by atoms with Crippen LogP contribution in [0.3, 0.4) is 0 Å². The van der Waals surface area contributed by atoms with Crippen molar-refractivity contribution >= 4 is 17.6 Å². The van der Waals surface area contributed by atoms with Gasteiger partial charge in [-0.15, -0.1) is 0 Å². The van der Waals surface area contributed by atoms with Gasteiger partial charge in [-0.05, 0) is 82.4 Å². The Hall–Kier alpha value is -2.34. The number of benzene rings is 1. The summed E-state index contributed by atoms with van der Waals surface area (Å²) in [6.45, 7) is 5.37. The zero-order valence-electron chi connectivity index (χ0n) is 19.1. The number of ether oxygens (including phenoxy) is 1. The van der Waals surface area contributed by atoms with Gasteiger partial charge >= 0.3 is 5.97 Å². The first-order valence-corrected chi connectivity index (χ1v) is 12.3. The highest BCUT2D eigenvalue weighted by Gasteiger charge is 2.44. The minimum absolute atomic E-state index is 0.335. The molecule has 1 aromatic rings. The molecule has 1 amide bonds. The Kier molecular flexibility index (Phi) is 7.51.